The molecule has 2 heterocycles. The number of likely N-dealkylation sites (tertiary alicyclic amines) is 1. The summed E-state index contributed by atoms with van der Waals surface area (Å²) in [6.07, 6.45) is -1.61. The van der Waals surface area contributed by atoms with E-state index in [1.807, 2.05) is 4.90 Å². The van der Waals surface area contributed by atoms with Crippen molar-refractivity contribution in [2.45, 2.75) is 25.1 Å². The number of hydrogen-bond donors (Lipinski definition) is 1. The van der Waals surface area contributed by atoms with Crippen LogP contribution in [0.25, 0.3) is 0 Å². The molecule has 3 atom stereocenters. The van der Waals surface area contributed by atoms with Gasteiger partial charge in [0.2, 0.25) is 5.88 Å². The fourth-order valence-corrected chi connectivity index (χ4v) is 4.05. The Balaban J connectivity index is 0.00000240. The molecule has 1 aromatic heterocycles. The van der Waals surface area contributed by atoms with Crippen molar-refractivity contribution in [3.8, 4) is 11.6 Å². The number of alkyl halides is 3. The number of pyridine rings is 1. The van der Waals surface area contributed by atoms with E-state index in [1.165, 1.54) is 0 Å². The van der Waals surface area contributed by atoms with Crippen molar-refractivity contribution in [3.05, 3.63) is 53.7 Å². The third-order valence-electron chi connectivity index (χ3n) is 5.59. The zero-order chi connectivity index (χ0) is 19.9. The van der Waals surface area contributed by atoms with Crippen molar-refractivity contribution in [1.82, 2.24) is 9.88 Å². The largest absolute Gasteiger partial charge is 0.439 e. The van der Waals surface area contributed by atoms with E-state index in [-0.39, 0.29) is 30.2 Å². The summed E-state index contributed by atoms with van der Waals surface area (Å²) < 4.78 is 43.2. The number of nitrogens with two attached hydrogens (primary N) is 1. The van der Waals surface area contributed by atoms with Gasteiger partial charge in [-0.05, 0) is 55.0 Å². The molecule has 1 amide bonds. The molecule has 2 fully saturated rings. The summed E-state index contributed by atoms with van der Waals surface area (Å²) in [5, 5.41) is 0. The number of rotatable bonds is 3. The van der Waals surface area contributed by atoms with Gasteiger partial charge in [-0.15, -0.1) is 12.4 Å². The molecule has 2 aromatic rings. The minimum absolute atomic E-state index is 0. The standard InChI is InChI=1S/C20H20F3N3O2.ClH/c21-20(22,23)14-4-8-18(25-9-14)28-15-5-1-12(2-6-15)19(27)26-10-13-3-7-17(24)16(13)11-26;/h1-2,4-6,8-9,13,16-17H,3,7,10-11,24H2;1H. The molecule has 1 aliphatic heterocycles. The highest BCUT2D eigenvalue weighted by Crippen LogP contribution is 2.37. The second-order valence-corrected chi connectivity index (χ2v) is 7.38. The molecule has 3 unspecified atom stereocenters. The molecule has 0 bridgehead atoms. The number of benzene rings is 1. The van der Waals surface area contributed by atoms with E-state index >= 15 is 0 Å². The molecule has 1 saturated carbocycles. The molecule has 0 radical (unpaired) electrons. The summed E-state index contributed by atoms with van der Waals surface area (Å²) in [6, 6.07) is 8.76. The average Bonchev–Trinajstić information content (AvgIpc) is 3.24. The van der Waals surface area contributed by atoms with Gasteiger partial charge < -0.3 is 15.4 Å². The van der Waals surface area contributed by atoms with Crippen LogP contribution in [0.1, 0.15) is 28.8 Å². The number of hydrogen-bond acceptors (Lipinski definition) is 4. The maximum Gasteiger partial charge on any atom is 0.417 e. The summed E-state index contributed by atoms with van der Waals surface area (Å²) in [5.41, 5.74) is 5.83. The molecule has 0 spiro atoms. The second kappa shape index (κ2) is 8.20. The highest BCUT2D eigenvalue weighted by Gasteiger charge is 2.42. The van der Waals surface area contributed by atoms with Crippen molar-refractivity contribution in [3.63, 3.8) is 0 Å². The minimum atomic E-state index is -4.44. The molecule has 2 N–H and O–H groups in total. The lowest BCUT2D eigenvalue weighted by Gasteiger charge is -2.19. The summed E-state index contributed by atoms with van der Waals surface area (Å²) in [5.74, 6) is 1.28. The monoisotopic (exact) mass is 427 g/mol. The smallest absolute Gasteiger partial charge is 0.417 e. The van der Waals surface area contributed by atoms with Gasteiger partial charge in [-0.1, -0.05) is 0 Å². The van der Waals surface area contributed by atoms with Crippen LogP contribution in [0, 0.1) is 11.8 Å². The Morgan fingerprint density at radius 2 is 1.83 bits per heavy atom. The number of aromatic nitrogens is 1. The molecule has 1 saturated heterocycles. The van der Waals surface area contributed by atoms with Gasteiger partial charge in [0.1, 0.15) is 5.75 Å². The molecule has 5 nitrogen and oxygen atoms in total. The van der Waals surface area contributed by atoms with Gasteiger partial charge >= 0.3 is 6.18 Å². The Kier molecular flexibility index (Phi) is 6.05. The van der Waals surface area contributed by atoms with Gasteiger partial charge in [0.25, 0.3) is 5.91 Å². The van der Waals surface area contributed by atoms with E-state index in [4.69, 9.17) is 10.5 Å². The normalized spacial score (nSPS) is 23.4. The maximum absolute atomic E-state index is 12.7. The van der Waals surface area contributed by atoms with Crippen LogP contribution in [0.3, 0.4) is 0 Å². The average molecular weight is 428 g/mol. The first-order valence-corrected chi connectivity index (χ1v) is 9.17. The van der Waals surface area contributed by atoms with Crippen LogP contribution in [-0.4, -0.2) is 34.9 Å². The van der Waals surface area contributed by atoms with E-state index in [9.17, 15) is 18.0 Å². The third-order valence-corrected chi connectivity index (χ3v) is 5.59. The van der Waals surface area contributed by atoms with Gasteiger partial charge in [-0.25, -0.2) is 4.98 Å². The lowest BCUT2D eigenvalue weighted by molar-refractivity contribution is -0.137. The lowest BCUT2D eigenvalue weighted by atomic mass is 9.98. The van der Waals surface area contributed by atoms with Crippen LogP contribution in [-0.2, 0) is 6.18 Å². The van der Waals surface area contributed by atoms with Crippen molar-refractivity contribution in [2.75, 3.05) is 13.1 Å². The highest BCUT2D eigenvalue weighted by molar-refractivity contribution is 5.94. The zero-order valence-corrected chi connectivity index (χ0v) is 16.2. The summed E-state index contributed by atoms with van der Waals surface area (Å²) >= 11 is 0. The highest BCUT2D eigenvalue weighted by atomic mass is 35.5. The molecular formula is C20H21ClF3N3O2. The summed E-state index contributed by atoms with van der Waals surface area (Å²) in [6.45, 7) is 1.43. The quantitative estimate of drug-likeness (QED) is 0.800. The van der Waals surface area contributed by atoms with Crippen LogP contribution in [0.2, 0.25) is 0 Å². The number of amides is 1. The van der Waals surface area contributed by atoms with E-state index in [2.05, 4.69) is 4.98 Å². The molecular weight excluding hydrogens is 407 g/mol. The molecule has 156 valence electrons. The van der Waals surface area contributed by atoms with E-state index in [0.717, 1.165) is 37.7 Å². The number of nitrogens with zero attached hydrogens (tertiary/aromatic N) is 2. The van der Waals surface area contributed by atoms with Crippen molar-refractivity contribution < 1.29 is 22.7 Å². The fourth-order valence-electron chi connectivity index (χ4n) is 4.05. The Labute approximate surface area is 172 Å². The number of halogens is 4. The summed E-state index contributed by atoms with van der Waals surface area (Å²) in [7, 11) is 0. The lowest BCUT2D eigenvalue weighted by Crippen LogP contribution is -2.33. The first-order chi connectivity index (χ1) is 13.3. The van der Waals surface area contributed by atoms with Crippen LogP contribution in [0.15, 0.2) is 42.6 Å². The topological polar surface area (TPSA) is 68.5 Å². The van der Waals surface area contributed by atoms with E-state index < -0.39 is 11.7 Å². The molecule has 9 heteroatoms. The molecule has 1 aliphatic carbocycles. The van der Waals surface area contributed by atoms with Gasteiger partial charge in [-0.2, -0.15) is 13.2 Å². The Hall–Kier alpha value is -2.32. The second-order valence-electron chi connectivity index (χ2n) is 7.38. The van der Waals surface area contributed by atoms with Crippen molar-refractivity contribution in [1.29, 1.82) is 0 Å². The zero-order valence-electron chi connectivity index (χ0n) is 15.4. The fraction of sp³-hybridized carbons (Fsp3) is 0.400. The third kappa shape index (κ3) is 4.48. The van der Waals surface area contributed by atoms with Gasteiger partial charge in [0.15, 0.2) is 0 Å². The predicted octanol–water partition coefficient (Wildman–Crippen LogP) is 4.12. The van der Waals surface area contributed by atoms with Crippen molar-refractivity contribution in [2.24, 2.45) is 17.6 Å². The molecule has 1 aromatic carbocycles. The van der Waals surface area contributed by atoms with Crippen LogP contribution < -0.4 is 10.5 Å². The van der Waals surface area contributed by atoms with E-state index in [1.54, 1.807) is 24.3 Å². The number of carbonyl (C=O) groups excluding carboxylic acids is 1. The van der Waals surface area contributed by atoms with Crippen LogP contribution in [0.4, 0.5) is 13.2 Å². The van der Waals surface area contributed by atoms with Gasteiger partial charge in [0, 0.05) is 37.0 Å². The number of fused-ring (bicyclic) bond motifs is 1. The Morgan fingerprint density at radius 1 is 1.10 bits per heavy atom. The van der Waals surface area contributed by atoms with Gasteiger partial charge in [0.05, 0.1) is 5.56 Å². The number of ether oxygens (including phenoxy) is 1. The Bertz CT molecular complexity index is 859. The first-order valence-electron chi connectivity index (χ1n) is 9.17. The SMILES string of the molecule is Cl.NC1CCC2CN(C(=O)c3ccc(Oc4ccc(C(F)(F)F)cn4)cc3)CC12. The minimum Gasteiger partial charge on any atom is -0.439 e. The van der Waals surface area contributed by atoms with Gasteiger partial charge in [-0.3, -0.25) is 4.79 Å². The maximum atomic E-state index is 12.7. The Morgan fingerprint density at radius 3 is 2.41 bits per heavy atom. The summed E-state index contributed by atoms with van der Waals surface area (Å²) in [4.78, 5) is 18.2. The molecule has 2 aliphatic rings. The first kappa shape index (κ1) is 21.4. The molecule has 4 rings (SSSR count). The van der Waals surface area contributed by atoms with E-state index in [0.29, 0.717) is 29.7 Å². The predicted molar refractivity (Wildman–Crippen MR) is 103 cm³/mol. The number of carbonyl (C=O) groups is 1. The van der Waals surface area contributed by atoms with Crippen molar-refractivity contribution >= 4 is 18.3 Å². The van der Waals surface area contributed by atoms with Crippen LogP contribution in [0.5, 0.6) is 11.6 Å². The van der Waals surface area contributed by atoms with Crippen LogP contribution >= 0.6 is 12.4 Å². The molecule has 29 heavy (non-hydrogen) atoms.